The van der Waals surface area contributed by atoms with Crippen LogP contribution in [0.3, 0.4) is 0 Å². The number of nitrogens with zero attached hydrogens (tertiary/aromatic N) is 1. The van der Waals surface area contributed by atoms with Gasteiger partial charge in [-0.3, -0.25) is 4.90 Å². The van der Waals surface area contributed by atoms with E-state index >= 15 is 0 Å². The summed E-state index contributed by atoms with van der Waals surface area (Å²) >= 11 is 0. The van der Waals surface area contributed by atoms with Gasteiger partial charge in [-0.1, -0.05) is 19.9 Å². The highest BCUT2D eigenvalue weighted by molar-refractivity contribution is 5.37. The first kappa shape index (κ1) is 13.4. The molecule has 1 fully saturated rings. The monoisotopic (exact) mass is 248 g/mol. The Kier molecular flexibility index (Phi) is 3.93. The van der Waals surface area contributed by atoms with Crippen LogP contribution in [0.25, 0.3) is 0 Å². The maximum atomic E-state index is 5.71. The van der Waals surface area contributed by atoms with E-state index in [1.165, 1.54) is 24.1 Å². The van der Waals surface area contributed by atoms with Crippen LogP contribution in [0, 0.1) is 5.41 Å². The van der Waals surface area contributed by atoms with Crippen molar-refractivity contribution in [2.75, 3.05) is 20.2 Å². The molecule has 18 heavy (non-hydrogen) atoms. The quantitative estimate of drug-likeness (QED) is 0.889. The zero-order valence-electron chi connectivity index (χ0n) is 11.7. The molecule has 0 bridgehead atoms. The standard InChI is InChI=1S/C15H24N2O/c1-15(2)6-7-17(11-15)10-13-8-12(9-16)4-5-14(13)18-3/h4-5,8H,6-7,9-11,16H2,1-3H3. The zero-order valence-corrected chi connectivity index (χ0v) is 11.7. The third-order valence-corrected chi connectivity index (χ3v) is 3.73. The summed E-state index contributed by atoms with van der Waals surface area (Å²) in [4.78, 5) is 2.50. The molecule has 1 heterocycles. The lowest BCUT2D eigenvalue weighted by Gasteiger charge is -2.21. The highest BCUT2D eigenvalue weighted by Crippen LogP contribution is 2.31. The van der Waals surface area contributed by atoms with Crippen molar-refractivity contribution in [1.29, 1.82) is 0 Å². The van der Waals surface area contributed by atoms with Crippen LogP contribution in [0.1, 0.15) is 31.4 Å². The fourth-order valence-corrected chi connectivity index (χ4v) is 2.68. The van der Waals surface area contributed by atoms with Crippen LogP contribution in [0.2, 0.25) is 0 Å². The first-order valence-corrected chi connectivity index (χ1v) is 6.62. The molecule has 0 saturated carbocycles. The van der Waals surface area contributed by atoms with Gasteiger partial charge in [0, 0.05) is 25.2 Å². The third-order valence-electron chi connectivity index (χ3n) is 3.73. The molecule has 1 aromatic carbocycles. The largest absolute Gasteiger partial charge is 0.496 e. The summed E-state index contributed by atoms with van der Waals surface area (Å²) in [6, 6.07) is 6.24. The van der Waals surface area contributed by atoms with Gasteiger partial charge in [-0.05, 0) is 36.1 Å². The Morgan fingerprint density at radius 2 is 2.17 bits per heavy atom. The minimum Gasteiger partial charge on any atom is -0.496 e. The summed E-state index contributed by atoms with van der Waals surface area (Å²) in [5.74, 6) is 0.969. The predicted molar refractivity (Wildman–Crippen MR) is 74.6 cm³/mol. The molecule has 0 spiro atoms. The van der Waals surface area contributed by atoms with Crippen LogP contribution in [-0.2, 0) is 13.1 Å². The van der Waals surface area contributed by atoms with E-state index in [-0.39, 0.29) is 0 Å². The number of benzene rings is 1. The molecule has 3 heteroatoms. The fraction of sp³-hybridized carbons (Fsp3) is 0.600. The molecule has 1 saturated heterocycles. The van der Waals surface area contributed by atoms with E-state index in [9.17, 15) is 0 Å². The van der Waals surface area contributed by atoms with Gasteiger partial charge in [0.1, 0.15) is 5.75 Å². The Labute approximate surface area is 110 Å². The average Bonchev–Trinajstić information content (AvgIpc) is 2.68. The van der Waals surface area contributed by atoms with Crippen LogP contribution < -0.4 is 10.5 Å². The Hall–Kier alpha value is -1.06. The van der Waals surface area contributed by atoms with Crippen molar-refractivity contribution in [3.8, 4) is 5.75 Å². The number of hydrogen-bond donors (Lipinski definition) is 1. The minimum atomic E-state index is 0.443. The van der Waals surface area contributed by atoms with Crippen molar-refractivity contribution < 1.29 is 4.74 Å². The molecule has 1 aromatic rings. The van der Waals surface area contributed by atoms with Crippen molar-refractivity contribution in [1.82, 2.24) is 4.90 Å². The first-order chi connectivity index (χ1) is 8.54. The lowest BCUT2D eigenvalue weighted by Crippen LogP contribution is -2.23. The van der Waals surface area contributed by atoms with Crippen molar-refractivity contribution in [2.24, 2.45) is 11.1 Å². The molecule has 1 aliphatic rings. The van der Waals surface area contributed by atoms with Crippen LogP contribution >= 0.6 is 0 Å². The Morgan fingerprint density at radius 1 is 1.39 bits per heavy atom. The van der Waals surface area contributed by atoms with Crippen LogP contribution in [0.15, 0.2) is 18.2 Å². The summed E-state index contributed by atoms with van der Waals surface area (Å²) < 4.78 is 5.44. The molecular weight excluding hydrogens is 224 g/mol. The number of nitrogens with two attached hydrogens (primary N) is 1. The molecule has 100 valence electrons. The molecule has 0 aromatic heterocycles. The second kappa shape index (κ2) is 5.29. The number of ether oxygens (including phenoxy) is 1. The smallest absolute Gasteiger partial charge is 0.123 e. The van der Waals surface area contributed by atoms with E-state index in [1.54, 1.807) is 7.11 Å². The van der Waals surface area contributed by atoms with E-state index in [0.717, 1.165) is 18.8 Å². The van der Waals surface area contributed by atoms with E-state index in [4.69, 9.17) is 10.5 Å². The second-order valence-corrected chi connectivity index (χ2v) is 5.98. The SMILES string of the molecule is COc1ccc(CN)cc1CN1CCC(C)(C)C1. The summed E-state index contributed by atoms with van der Waals surface area (Å²) in [6.45, 7) is 8.54. The van der Waals surface area contributed by atoms with Gasteiger partial charge in [0.25, 0.3) is 0 Å². The van der Waals surface area contributed by atoms with Crippen molar-refractivity contribution in [3.63, 3.8) is 0 Å². The fourth-order valence-electron chi connectivity index (χ4n) is 2.68. The highest BCUT2D eigenvalue weighted by Gasteiger charge is 2.29. The van der Waals surface area contributed by atoms with E-state index < -0.39 is 0 Å². The van der Waals surface area contributed by atoms with Gasteiger partial charge in [0.2, 0.25) is 0 Å². The number of rotatable bonds is 4. The lowest BCUT2D eigenvalue weighted by atomic mass is 9.93. The predicted octanol–water partition coefficient (Wildman–Crippen LogP) is 2.39. The summed E-state index contributed by atoms with van der Waals surface area (Å²) in [7, 11) is 1.73. The Bertz CT molecular complexity index is 415. The van der Waals surface area contributed by atoms with Crippen molar-refractivity contribution in [2.45, 2.75) is 33.4 Å². The molecule has 0 atom stereocenters. The summed E-state index contributed by atoms with van der Waals surface area (Å²) in [5.41, 5.74) is 8.57. The van der Waals surface area contributed by atoms with E-state index in [0.29, 0.717) is 12.0 Å². The number of methoxy groups -OCH3 is 1. The van der Waals surface area contributed by atoms with E-state index in [2.05, 4.69) is 24.8 Å². The van der Waals surface area contributed by atoms with Crippen molar-refractivity contribution in [3.05, 3.63) is 29.3 Å². The highest BCUT2D eigenvalue weighted by atomic mass is 16.5. The van der Waals surface area contributed by atoms with Crippen LogP contribution in [0.4, 0.5) is 0 Å². The summed E-state index contributed by atoms with van der Waals surface area (Å²) in [5, 5.41) is 0. The molecule has 0 radical (unpaired) electrons. The maximum absolute atomic E-state index is 5.71. The zero-order chi connectivity index (χ0) is 13.2. The number of likely N-dealkylation sites (tertiary alicyclic amines) is 1. The van der Waals surface area contributed by atoms with Crippen LogP contribution in [-0.4, -0.2) is 25.1 Å². The van der Waals surface area contributed by atoms with Gasteiger partial charge < -0.3 is 10.5 Å². The third kappa shape index (κ3) is 3.03. The van der Waals surface area contributed by atoms with Gasteiger partial charge in [-0.25, -0.2) is 0 Å². The topological polar surface area (TPSA) is 38.5 Å². The van der Waals surface area contributed by atoms with Crippen LogP contribution in [0.5, 0.6) is 5.75 Å². The summed E-state index contributed by atoms with van der Waals surface area (Å²) in [6.07, 6.45) is 1.27. The van der Waals surface area contributed by atoms with Crippen molar-refractivity contribution >= 4 is 0 Å². The molecule has 3 nitrogen and oxygen atoms in total. The second-order valence-electron chi connectivity index (χ2n) is 5.98. The molecule has 0 unspecified atom stereocenters. The average molecular weight is 248 g/mol. The van der Waals surface area contributed by atoms with Gasteiger partial charge in [-0.2, -0.15) is 0 Å². The molecule has 1 aliphatic heterocycles. The molecule has 0 aliphatic carbocycles. The molecular formula is C15H24N2O. The molecule has 2 N–H and O–H groups in total. The van der Waals surface area contributed by atoms with Gasteiger partial charge in [-0.15, -0.1) is 0 Å². The van der Waals surface area contributed by atoms with Gasteiger partial charge in [0.15, 0.2) is 0 Å². The lowest BCUT2D eigenvalue weighted by molar-refractivity contribution is 0.279. The molecule has 0 amide bonds. The van der Waals surface area contributed by atoms with Gasteiger partial charge >= 0.3 is 0 Å². The number of hydrogen-bond acceptors (Lipinski definition) is 3. The minimum absolute atomic E-state index is 0.443. The maximum Gasteiger partial charge on any atom is 0.123 e. The molecule has 2 rings (SSSR count). The van der Waals surface area contributed by atoms with Gasteiger partial charge in [0.05, 0.1) is 7.11 Å². The Morgan fingerprint density at radius 3 is 2.72 bits per heavy atom. The van der Waals surface area contributed by atoms with E-state index in [1.807, 2.05) is 12.1 Å². The first-order valence-electron chi connectivity index (χ1n) is 6.62. The Balaban J connectivity index is 2.12. The normalized spacial score (nSPS) is 19.1.